The Labute approximate surface area is 120 Å². The third-order valence-corrected chi connectivity index (χ3v) is 3.33. The summed E-state index contributed by atoms with van der Waals surface area (Å²) in [7, 11) is 0. The molecule has 4 heteroatoms. The van der Waals surface area contributed by atoms with Gasteiger partial charge in [0, 0.05) is 9.26 Å². The van der Waals surface area contributed by atoms with Crippen LogP contribution in [0.4, 0.5) is 11.4 Å². The minimum Gasteiger partial charge on any atom is -0.369 e. The van der Waals surface area contributed by atoms with Gasteiger partial charge in [0.05, 0.1) is 5.69 Å². The molecule has 0 amide bonds. The van der Waals surface area contributed by atoms with Gasteiger partial charge in [-0.1, -0.05) is 29.8 Å². The van der Waals surface area contributed by atoms with Crippen LogP contribution in [0, 0.1) is 10.5 Å². The molecular weight excluding hydrogens is 337 g/mol. The molecule has 0 unspecified atom stereocenters. The van der Waals surface area contributed by atoms with Crippen LogP contribution in [0.3, 0.4) is 0 Å². The molecule has 0 fully saturated rings. The number of nitrogens with zero attached hydrogens (tertiary/aromatic N) is 1. The lowest BCUT2D eigenvalue weighted by Crippen LogP contribution is -2.21. The van der Waals surface area contributed by atoms with E-state index in [4.69, 9.17) is 5.73 Å². The van der Waals surface area contributed by atoms with E-state index in [9.17, 15) is 0 Å². The molecule has 0 atom stereocenters. The zero-order chi connectivity index (χ0) is 13.0. The van der Waals surface area contributed by atoms with Crippen molar-refractivity contribution in [2.75, 3.05) is 5.32 Å². The van der Waals surface area contributed by atoms with Crippen molar-refractivity contribution in [2.45, 2.75) is 6.92 Å². The van der Waals surface area contributed by atoms with E-state index in [0.717, 1.165) is 14.9 Å². The quantitative estimate of drug-likeness (QED) is 0.493. The Balaban J connectivity index is 2.15. The molecule has 0 spiro atoms. The van der Waals surface area contributed by atoms with Gasteiger partial charge in [0.2, 0.25) is 0 Å². The third kappa shape index (κ3) is 3.46. The molecule has 0 heterocycles. The smallest absolute Gasteiger partial charge is 0.198 e. The molecule has 0 saturated heterocycles. The summed E-state index contributed by atoms with van der Waals surface area (Å²) in [6, 6.07) is 15.9. The molecule has 0 bridgehead atoms. The Hall–Kier alpha value is -1.56. The largest absolute Gasteiger partial charge is 0.369 e. The maximum atomic E-state index is 5.88. The first-order chi connectivity index (χ1) is 8.65. The standard InChI is InChI=1S/C14H14IN3/c1-10-6-8-11(9-7-10)17-14(16)18-13-5-3-2-4-12(13)15/h2-9H,1H3,(H3,16,17,18). The second-order valence-corrected chi connectivity index (χ2v) is 5.10. The van der Waals surface area contributed by atoms with Crippen LogP contribution < -0.4 is 11.1 Å². The van der Waals surface area contributed by atoms with E-state index in [1.165, 1.54) is 5.56 Å². The number of guanidine groups is 1. The van der Waals surface area contributed by atoms with E-state index in [1.807, 2.05) is 55.5 Å². The van der Waals surface area contributed by atoms with Crippen molar-refractivity contribution >= 4 is 39.9 Å². The average molecular weight is 351 g/mol. The number of anilines is 1. The van der Waals surface area contributed by atoms with Gasteiger partial charge in [0.15, 0.2) is 5.96 Å². The van der Waals surface area contributed by atoms with Crippen molar-refractivity contribution in [1.29, 1.82) is 0 Å². The third-order valence-electron chi connectivity index (χ3n) is 2.42. The second kappa shape index (κ2) is 5.86. The van der Waals surface area contributed by atoms with Gasteiger partial charge in [0.1, 0.15) is 0 Å². The van der Waals surface area contributed by atoms with E-state index in [0.29, 0.717) is 5.96 Å². The highest BCUT2D eigenvalue weighted by molar-refractivity contribution is 14.1. The molecular formula is C14H14IN3. The number of halogens is 1. The lowest BCUT2D eigenvalue weighted by Gasteiger charge is -2.06. The van der Waals surface area contributed by atoms with E-state index in [-0.39, 0.29) is 0 Å². The molecule has 0 aliphatic heterocycles. The first-order valence-corrected chi connectivity index (χ1v) is 6.65. The van der Waals surface area contributed by atoms with Crippen molar-refractivity contribution in [3.8, 4) is 0 Å². The number of rotatable bonds is 2. The number of nitrogens with two attached hydrogens (primary N) is 1. The number of benzene rings is 2. The summed E-state index contributed by atoms with van der Waals surface area (Å²) in [6.07, 6.45) is 0. The van der Waals surface area contributed by atoms with Crippen molar-refractivity contribution in [3.05, 3.63) is 57.7 Å². The molecule has 18 heavy (non-hydrogen) atoms. The predicted octanol–water partition coefficient (Wildman–Crippen LogP) is 3.66. The van der Waals surface area contributed by atoms with E-state index >= 15 is 0 Å². The molecule has 0 aromatic heterocycles. The highest BCUT2D eigenvalue weighted by Crippen LogP contribution is 2.20. The number of aliphatic imine (C=N–C) groups is 1. The maximum absolute atomic E-state index is 5.88. The van der Waals surface area contributed by atoms with Crippen LogP contribution in [-0.2, 0) is 0 Å². The molecule has 92 valence electrons. The number of hydrogen-bond donors (Lipinski definition) is 2. The summed E-state index contributed by atoms with van der Waals surface area (Å²) >= 11 is 2.24. The Morgan fingerprint density at radius 1 is 1.11 bits per heavy atom. The Morgan fingerprint density at radius 2 is 1.78 bits per heavy atom. The molecule has 0 aliphatic carbocycles. The lowest BCUT2D eigenvalue weighted by molar-refractivity contribution is 1.41. The molecule has 3 N–H and O–H groups in total. The first kappa shape index (κ1) is 12.9. The fraction of sp³-hybridized carbons (Fsp3) is 0.0714. The molecule has 0 saturated carbocycles. The fourth-order valence-corrected chi connectivity index (χ4v) is 1.99. The van der Waals surface area contributed by atoms with Crippen LogP contribution in [0.1, 0.15) is 5.56 Å². The topological polar surface area (TPSA) is 50.4 Å². The molecule has 2 aromatic carbocycles. The number of nitrogens with one attached hydrogen (secondary N) is 1. The van der Waals surface area contributed by atoms with Crippen molar-refractivity contribution in [1.82, 2.24) is 0 Å². The lowest BCUT2D eigenvalue weighted by atomic mass is 10.2. The van der Waals surface area contributed by atoms with Gasteiger partial charge in [-0.2, -0.15) is 0 Å². The number of para-hydroxylation sites is 1. The van der Waals surface area contributed by atoms with Crippen molar-refractivity contribution in [3.63, 3.8) is 0 Å². The van der Waals surface area contributed by atoms with Crippen LogP contribution in [0.15, 0.2) is 53.5 Å². The van der Waals surface area contributed by atoms with Crippen molar-refractivity contribution in [2.24, 2.45) is 10.7 Å². The highest BCUT2D eigenvalue weighted by atomic mass is 127. The average Bonchev–Trinajstić information content (AvgIpc) is 2.35. The molecule has 2 aromatic rings. The minimum atomic E-state index is 0.392. The van der Waals surface area contributed by atoms with Gasteiger partial charge < -0.3 is 11.1 Å². The monoisotopic (exact) mass is 351 g/mol. The molecule has 2 rings (SSSR count). The highest BCUT2D eigenvalue weighted by Gasteiger charge is 1.98. The van der Waals surface area contributed by atoms with Gasteiger partial charge in [-0.3, -0.25) is 0 Å². The van der Waals surface area contributed by atoms with E-state index in [2.05, 4.69) is 32.9 Å². The number of aryl methyl sites for hydroxylation is 1. The van der Waals surface area contributed by atoms with Gasteiger partial charge in [-0.15, -0.1) is 0 Å². The summed E-state index contributed by atoms with van der Waals surface area (Å²) in [5.41, 5.74) is 8.90. The van der Waals surface area contributed by atoms with Gasteiger partial charge in [-0.05, 0) is 53.8 Å². The van der Waals surface area contributed by atoms with Gasteiger partial charge >= 0.3 is 0 Å². The zero-order valence-corrected chi connectivity index (χ0v) is 12.2. The maximum Gasteiger partial charge on any atom is 0.198 e. The minimum absolute atomic E-state index is 0.392. The predicted molar refractivity (Wildman–Crippen MR) is 85.2 cm³/mol. The summed E-state index contributed by atoms with van der Waals surface area (Å²) in [5.74, 6) is 0.392. The molecule has 0 aliphatic rings. The molecule has 0 radical (unpaired) electrons. The fourth-order valence-electron chi connectivity index (χ4n) is 1.48. The summed E-state index contributed by atoms with van der Waals surface area (Å²) in [6.45, 7) is 2.05. The summed E-state index contributed by atoms with van der Waals surface area (Å²) in [5, 5.41) is 3.07. The number of hydrogen-bond acceptors (Lipinski definition) is 1. The SMILES string of the molecule is Cc1ccc(NC(N)=Nc2ccccc2I)cc1. The van der Waals surface area contributed by atoms with Gasteiger partial charge in [-0.25, -0.2) is 4.99 Å². The Kier molecular flexibility index (Phi) is 4.19. The normalized spacial score (nSPS) is 11.3. The second-order valence-electron chi connectivity index (χ2n) is 3.94. The van der Waals surface area contributed by atoms with Gasteiger partial charge in [0.25, 0.3) is 0 Å². The van der Waals surface area contributed by atoms with Crippen LogP contribution in [0.5, 0.6) is 0 Å². The van der Waals surface area contributed by atoms with Crippen LogP contribution >= 0.6 is 22.6 Å². The van der Waals surface area contributed by atoms with E-state index in [1.54, 1.807) is 0 Å². The van der Waals surface area contributed by atoms with Crippen molar-refractivity contribution < 1.29 is 0 Å². The zero-order valence-electron chi connectivity index (χ0n) is 10.0. The van der Waals surface area contributed by atoms with Crippen LogP contribution in [-0.4, -0.2) is 5.96 Å². The summed E-state index contributed by atoms with van der Waals surface area (Å²) in [4.78, 5) is 4.35. The van der Waals surface area contributed by atoms with Crippen LogP contribution in [0.2, 0.25) is 0 Å². The Bertz CT molecular complexity index is 562. The molecule has 3 nitrogen and oxygen atoms in total. The van der Waals surface area contributed by atoms with Crippen LogP contribution in [0.25, 0.3) is 0 Å². The Morgan fingerprint density at radius 3 is 2.44 bits per heavy atom. The first-order valence-electron chi connectivity index (χ1n) is 5.57. The van der Waals surface area contributed by atoms with E-state index < -0.39 is 0 Å². The summed E-state index contributed by atoms with van der Waals surface area (Å²) < 4.78 is 1.07.